The number of halogens is 3. The van der Waals surface area contributed by atoms with Gasteiger partial charge in [0.15, 0.2) is 17.3 Å². The summed E-state index contributed by atoms with van der Waals surface area (Å²) >= 11 is 9.54. The number of hydrogen-bond acceptors (Lipinski definition) is 6. The third kappa shape index (κ3) is 4.40. The number of hydrogen-bond donors (Lipinski definition) is 1. The summed E-state index contributed by atoms with van der Waals surface area (Å²) in [4.78, 5) is 10.6. The van der Waals surface area contributed by atoms with E-state index in [-0.39, 0.29) is 16.9 Å². The molecule has 2 N–H and O–H groups in total. The van der Waals surface area contributed by atoms with Crippen LogP contribution in [0.5, 0.6) is 11.5 Å². The van der Waals surface area contributed by atoms with Crippen LogP contribution in [-0.2, 0) is 0 Å². The van der Waals surface area contributed by atoms with E-state index in [0.717, 1.165) is 30.3 Å². The summed E-state index contributed by atoms with van der Waals surface area (Å²) in [6, 6.07) is 7.61. The van der Waals surface area contributed by atoms with Gasteiger partial charge in [0.05, 0.1) is 29.9 Å². The van der Waals surface area contributed by atoms with E-state index in [2.05, 4.69) is 44.6 Å². The van der Waals surface area contributed by atoms with E-state index < -0.39 is 0 Å². The Morgan fingerprint density at radius 2 is 2.03 bits per heavy atom. The van der Waals surface area contributed by atoms with E-state index in [1.165, 1.54) is 6.33 Å². The second-order valence-electron chi connectivity index (χ2n) is 9.93. The van der Waals surface area contributed by atoms with Crippen LogP contribution in [0, 0.1) is 29.5 Å². The van der Waals surface area contributed by atoms with Crippen LogP contribution in [0.3, 0.4) is 0 Å². The quantitative estimate of drug-likeness (QED) is 0.353. The van der Waals surface area contributed by atoms with Crippen molar-refractivity contribution in [2.45, 2.75) is 32.7 Å². The van der Waals surface area contributed by atoms with Gasteiger partial charge < -0.3 is 20.1 Å². The highest BCUT2D eigenvalue weighted by Gasteiger charge is 2.49. The molecular formula is C26H29BrClFN4O2. The third-order valence-electron chi connectivity index (χ3n) is 7.51. The minimum atomic E-state index is -0.348. The van der Waals surface area contributed by atoms with Gasteiger partial charge in [0, 0.05) is 28.5 Å². The number of ether oxygens (including phenoxy) is 2. The number of fused-ring (bicyclic) bond motifs is 2. The topological polar surface area (TPSA) is 73.5 Å². The molecule has 1 saturated carbocycles. The van der Waals surface area contributed by atoms with Gasteiger partial charge in [-0.25, -0.2) is 14.4 Å². The summed E-state index contributed by atoms with van der Waals surface area (Å²) in [7, 11) is 1.61. The van der Waals surface area contributed by atoms with Crippen LogP contribution >= 0.6 is 27.5 Å². The summed E-state index contributed by atoms with van der Waals surface area (Å²) in [5, 5.41) is 0.886. The second-order valence-corrected chi connectivity index (χ2v) is 11.2. The maximum Gasteiger partial charge on any atom is 0.166 e. The summed E-state index contributed by atoms with van der Waals surface area (Å²) in [6.07, 6.45) is 3.54. The fourth-order valence-electron chi connectivity index (χ4n) is 6.06. The van der Waals surface area contributed by atoms with Gasteiger partial charge in [-0.2, -0.15) is 0 Å². The first-order chi connectivity index (χ1) is 16.8. The van der Waals surface area contributed by atoms with E-state index in [9.17, 15) is 0 Å². The number of rotatable bonds is 6. The van der Waals surface area contributed by atoms with Gasteiger partial charge in [-0.05, 0) is 70.6 Å². The number of aromatic nitrogens is 2. The second kappa shape index (κ2) is 9.62. The summed E-state index contributed by atoms with van der Waals surface area (Å²) in [6.45, 7) is 5.86. The van der Waals surface area contributed by atoms with Crippen LogP contribution in [0.2, 0.25) is 5.02 Å². The zero-order valence-electron chi connectivity index (χ0n) is 20.0. The Kier molecular flexibility index (Phi) is 6.70. The molecule has 0 amide bonds. The lowest BCUT2D eigenvalue weighted by atomic mass is 9.87. The Morgan fingerprint density at radius 3 is 2.77 bits per heavy atom. The molecule has 4 atom stereocenters. The Balaban J connectivity index is 1.31. The monoisotopic (exact) mass is 562 g/mol. The lowest BCUT2D eigenvalue weighted by Gasteiger charge is -2.34. The summed E-state index contributed by atoms with van der Waals surface area (Å²) in [5.74, 6) is 3.12. The molecular weight excluding hydrogens is 535 g/mol. The highest BCUT2D eigenvalue weighted by molar-refractivity contribution is 9.10. The largest absolute Gasteiger partial charge is 0.493 e. The molecule has 3 aromatic rings. The van der Waals surface area contributed by atoms with Crippen molar-refractivity contribution in [3.8, 4) is 11.5 Å². The van der Waals surface area contributed by atoms with Crippen molar-refractivity contribution >= 4 is 49.9 Å². The normalized spacial score (nSPS) is 23.8. The zero-order chi connectivity index (χ0) is 24.9. The molecule has 186 valence electrons. The van der Waals surface area contributed by atoms with Crippen molar-refractivity contribution in [3.63, 3.8) is 0 Å². The lowest BCUT2D eigenvalue weighted by Crippen LogP contribution is -2.38. The van der Waals surface area contributed by atoms with E-state index in [4.69, 9.17) is 26.8 Å². The maximum absolute atomic E-state index is 15.1. The molecule has 2 aliphatic rings. The number of nitrogens with zero attached hydrogens (tertiary/aromatic N) is 3. The van der Waals surface area contributed by atoms with Crippen LogP contribution in [-0.4, -0.2) is 36.3 Å². The maximum atomic E-state index is 15.1. The van der Waals surface area contributed by atoms with Crippen LogP contribution in [0.1, 0.15) is 26.7 Å². The molecule has 35 heavy (non-hydrogen) atoms. The predicted octanol–water partition coefficient (Wildman–Crippen LogP) is 6.34. The molecule has 0 unspecified atom stereocenters. The Hall–Kier alpha value is -2.32. The summed E-state index contributed by atoms with van der Waals surface area (Å²) < 4.78 is 27.5. The highest BCUT2D eigenvalue weighted by atomic mass is 79.9. The Labute approximate surface area is 218 Å². The van der Waals surface area contributed by atoms with Crippen LogP contribution in [0.15, 0.2) is 35.1 Å². The lowest BCUT2D eigenvalue weighted by molar-refractivity contribution is 0.231. The fraction of sp³-hybridized carbons (Fsp3) is 0.462. The van der Waals surface area contributed by atoms with E-state index in [0.29, 0.717) is 57.8 Å². The molecule has 2 aromatic carbocycles. The van der Waals surface area contributed by atoms with E-state index in [1.807, 2.05) is 24.3 Å². The minimum Gasteiger partial charge on any atom is -0.493 e. The molecule has 0 radical (unpaired) electrons. The number of methoxy groups -OCH3 is 1. The van der Waals surface area contributed by atoms with Crippen molar-refractivity contribution in [2.24, 2.45) is 23.7 Å². The molecule has 2 fully saturated rings. The molecule has 5 rings (SSSR count). The first-order valence-electron chi connectivity index (χ1n) is 11.9. The summed E-state index contributed by atoms with van der Waals surface area (Å²) in [5.41, 5.74) is 7.31. The van der Waals surface area contributed by atoms with Crippen LogP contribution in [0.4, 0.5) is 15.9 Å². The zero-order valence-corrected chi connectivity index (χ0v) is 22.3. The Bertz CT molecular complexity index is 1260. The number of anilines is 2. The van der Waals surface area contributed by atoms with E-state index in [1.54, 1.807) is 7.11 Å². The van der Waals surface area contributed by atoms with Gasteiger partial charge in [-0.15, -0.1) is 0 Å². The predicted molar refractivity (Wildman–Crippen MR) is 141 cm³/mol. The van der Waals surface area contributed by atoms with E-state index >= 15 is 4.39 Å². The molecule has 6 nitrogen and oxygen atoms in total. The van der Waals surface area contributed by atoms with Gasteiger partial charge >= 0.3 is 0 Å². The molecule has 0 spiro atoms. The van der Waals surface area contributed by atoms with Crippen LogP contribution in [0.25, 0.3) is 10.9 Å². The molecule has 1 aliphatic carbocycles. The first kappa shape index (κ1) is 24.4. The molecule has 1 saturated heterocycles. The molecule has 0 bridgehead atoms. The average molecular weight is 564 g/mol. The molecule has 9 heteroatoms. The number of benzene rings is 2. The van der Waals surface area contributed by atoms with Crippen molar-refractivity contribution in [3.05, 3.63) is 45.9 Å². The van der Waals surface area contributed by atoms with Gasteiger partial charge in [0.1, 0.15) is 12.1 Å². The van der Waals surface area contributed by atoms with Crippen LogP contribution < -0.4 is 20.1 Å². The number of nitrogen functional groups attached to an aromatic ring is 1. The van der Waals surface area contributed by atoms with Crippen molar-refractivity contribution in [1.29, 1.82) is 0 Å². The van der Waals surface area contributed by atoms with Crippen molar-refractivity contribution in [1.82, 2.24) is 9.97 Å². The SMILES string of the molecule is COc1cc2c(N)ncnc2cc1OC[C@@H]1C[C@H]2CN(c3ccc(Br)c(Cl)c3F)[C@H](C(C)C)[C@@H]2C1. The molecule has 1 aromatic heterocycles. The van der Waals surface area contributed by atoms with Gasteiger partial charge in [0.2, 0.25) is 0 Å². The smallest absolute Gasteiger partial charge is 0.166 e. The third-order valence-corrected chi connectivity index (χ3v) is 8.77. The van der Waals surface area contributed by atoms with Gasteiger partial charge in [0.25, 0.3) is 0 Å². The number of nitrogens with two attached hydrogens (primary N) is 1. The molecule has 2 heterocycles. The molecule has 1 aliphatic heterocycles. The fourth-order valence-corrected chi connectivity index (χ4v) is 6.53. The minimum absolute atomic E-state index is 0.143. The average Bonchev–Trinajstić information content (AvgIpc) is 3.38. The first-order valence-corrected chi connectivity index (χ1v) is 13.1. The van der Waals surface area contributed by atoms with Gasteiger partial charge in [-0.1, -0.05) is 25.4 Å². The standard InChI is InChI=1S/C26H29BrClFN4O2/c1-13(2)25-16-7-14(6-15(16)10-33(25)20-5-4-18(27)23(28)24(20)29)11-35-22-9-19-17(8-21(22)34-3)26(30)32-12-31-19/h4-5,8-9,12-16,25H,6-7,10-11H2,1-3H3,(H2,30,31,32)/t14-,15+,16-,25-/m1/s1. The van der Waals surface area contributed by atoms with Crippen molar-refractivity contribution < 1.29 is 13.9 Å². The van der Waals surface area contributed by atoms with Crippen molar-refractivity contribution in [2.75, 3.05) is 30.9 Å². The Morgan fingerprint density at radius 1 is 1.23 bits per heavy atom. The van der Waals surface area contributed by atoms with Gasteiger partial charge in [-0.3, -0.25) is 0 Å². The highest BCUT2D eigenvalue weighted by Crippen LogP contribution is 2.50.